The van der Waals surface area contributed by atoms with Gasteiger partial charge in [-0.15, -0.1) is 0 Å². The number of hydrogen-bond acceptors (Lipinski definition) is 4. The molecule has 118 valence electrons. The van der Waals surface area contributed by atoms with Crippen molar-refractivity contribution in [2.24, 2.45) is 5.92 Å². The molecule has 1 aromatic carbocycles. The molecule has 0 atom stereocenters. The lowest BCUT2D eigenvalue weighted by Crippen LogP contribution is -2.33. The van der Waals surface area contributed by atoms with E-state index in [9.17, 15) is 12.8 Å². The summed E-state index contributed by atoms with van der Waals surface area (Å²) in [4.78, 5) is 0.00362. The highest BCUT2D eigenvalue weighted by Gasteiger charge is 2.22. The molecule has 2 N–H and O–H groups in total. The summed E-state index contributed by atoms with van der Waals surface area (Å²) in [6.07, 6.45) is 1.68. The van der Waals surface area contributed by atoms with Gasteiger partial charge in [0.2, 0.25) is 10.0 Å². The molecule has 1 aliphatic heterocycles. The van der Waals surface area contributed by atoms with Gasteiger partial charge in [-0.2, -0.15) is 0 Å². The maximum absolute atomic E-state index is 13.4. The van der Waals surface area contributed by atoms with Crippen LogP contribution in [0.5, 0.6) is 0 Å². The number of ether oxygens (including phenoxy) is 1. The van der Waals surface area contributed by atoms with Crippen molar-refractivity contribution >= 4 is 10.0 Å². The zero-order valence-corrected chi connectivity index (χ0v) is 12.9. The smallest absolute Gasteiger partial charge is 0.241 e. The molecule has 5 nitrogen and oxygen atoms in total. The van der Waals surface area contributed by atoms with E-state index in [2.05, 4.69) is 10.0 Å². The predicted octanol–water partition coefficient (Wildman–Crippen LogP) is 1.25. The summed E-state index contributed by atoms with van der Waals surface area (Å²) in [5.74, 6) is -0.281. The minimum absolute atomic E-state index is 0.00362. The third kappa shape index (κ3) is 4.47. The monoisotopic (exact) mass is 316 g/mol. The summed E-state index contributed by atoms with van der Waals surface area (Å²) in [6, 6.07) is 3.83. The number of rotatable bonds is 6. The highest BCUT2D eigenvalue weighted by molar-refractivity contribution is 7.89. The van der Waals surface area contributed by atoms with Crippen LogP contribution in [0.15, 0.2) is 23.1 Å². The largest absolute Gasteiger partial charge is 0.381 e. The second-order valence-corrected chi connectivity index (χ2v) is 6.93. The van der Waals surface area contributed by atoms with Crippen LogP contribution < -0.4 is 10.0 Å². The Kier molecular flexibility index (Phi) is 5.69. The first kappa shape index (κ1) is 16.4. The molecule has 1 saturated heterocycles. The van der Waals surface area contributed by atoms with E-state index >= 15 is 0 Å². The number of sulfonamides is 1. The first-order valence-electron chi connectivity index (χ1n) is 7.03. The molecule has 1 heterocycles. The zero-order chi connectivity index (χ0) is 15.3. The van der Waals surface area contributed by atoms with Crippen molar-refractivity contribution in [3.05, 3.63) is 29.6 Å². The molecular formula is C14H21FN2O3S. The molecule has 21 heavy (non-hydrogen) atoms. The molecule has 0 aliphatic carbocycles. The molecule has 0 radical (unpaired) electrons. The Balaban J connectivity index is 2.12. The first-order valence-corrected chi connectivity index (χ1v) is 8.51. The van der Waals surface area contributed by atoms with Gasteiger partial charge in [-0.1, -0.05) is 6.07 Å². The van der Waals surface area contributed by atoms with Crippen LogP contribution in [-0.2, 0) is 21.3 Å². The van der Waals surface area contributed by atoms with Gasteiger partial charge in [0.05, 0.1) is 4.90 Å². The van der Waals surface area contributed by atoms with E-state index in [-0.39, 0.29) is 10.8 Å². The topological polar surface area (TPSA) is 67.4 Å². The van der Waals surface area contributed by atoms with Gasteiger partial charge in [-0.25, -0.2) is 17.5 Å². The van der Waals surface area contributed by atoms with E-state index in [1.165, 1.54) is 12.1 Å². The maximum Gasteiger partial charge on any atom is 0.241 e. The van der Waals surface area contributed by atoms with Crippen LogP contribution >= 0.6 is 0 Å². The molecule has 0 amide bonds. The van der Waals surface area contributed by atoms with Crippen molar-refractivity contribution in [2.45, 2.75) is 24.3 Å². The molecule has 0 spiro atoms. The lowest BCUT2D eigenvalue weighted by Gasteiger charge is -2.22. The Hall–Kier alpha value is -1.02. The summed E-state index contributed by atoms with van der Waals surface area (Å²) in [5, 5.41) is 2.89. The van der Waals surface area contributed by atoms with Crippen LogP contribution in [0.25, 0.3) is 0 Å². The fraction of sp³-hybridized carbons (Fsp3) is 0.571. The summed E-state index contributed by atoms with van der Waals surface area (Å²) in [7, 11) is -1.99. The van der Waals surface area contributed by atoms with E-state index in [1.54, 1.807) is 7.05 Å². The molecular weight excluding hydrogens is 295 g/mol. The van der Waals surface area contributed by atoms with E-state index in [1.807, 2.05) is 0 Å². The van der Waals surface area contributed by atoms with Gasteiger partial charge in [0.1, 0.15) is 5.82 Å². The summed E-state index contributed by atoms with van der Waals surface area (Å²) < 4.78 is 46.0. The number of halogens is 1. The highest BCUT2D eigenvalue weighted by Crippen LogP contribution is 2.19. The van der Waals surface area contributed by atoms with Crippen LogP contribution in [0.1, 0.15) is 18.4 Å². The highest BCUT2D eigenvalue weighted by atomic mass is 32.2. The van der Waals surface area contributed by atoms with Gasteiger partial charge in [0, 0.05) is 26.3 Å². The van der Waals surface area contributed by atoms with Gasteiger partial charge in [0.15, 0.2) is 0 Å². The van der Waals surface area contributed by atoms with Gasteiger partial charge >= 0.3 is 0 Å². The van der Waals surface area contributed by atoms with Crippen LogP contribution in [0.4, 0.5) is 4.39 Å². The average Bonchev–Trinajstić information content (AvgIpc) is 2.48. The number of hydrogen-bond donors (Lipinski definition) is 2. The van der Waals surface area contributed by atoms with Crippen molar-refractivity contribution in [1.82, 2.24) is 10.0 Å². The lowest BCUT2D eigenvalue weighted by atomic mass is 10.0. The number of benzene rings is 1. The first-order chi connectivity index (χ1) is 10.0. The molecule has 1 aromatic rings. The van der Waals surface area contributed by atoms with Gasteiger partial charge < -0.3 is 10.1 Å². The Labute approximate surface area is 124 Å². The van der Waals surface area contributed by atoms with Crippen molar-refractivity contribution in [3.8, 4) is 0 Å². The molecule has 0 saturated carbocycles. The fourth-order valence-corrected chi connectivity index (χ4v) is 3.73. The van der Waals surface area contributed by atoms with Crippen molar-refractivity contribution < 1.29 is 17.5 Å². The second-order valence-electron chi connectivity index (χ2n) is 5.19. The van der Waals surface area contributed by atoms with Gasteiger partial charge in [-0.3, -0.25) is 0 Å². The number of nitrogens with one attached hydrogen (secondary N) is 2. The van der Waals surface area contributed by atoms with Crippen LogP contribution in [-0.4, -0.2) is 35.2 Å². The SMILES string of the molecule is CNCc1ccc(F)cc1S(=O)(=O)NCC1CCOCC1. The van der Waals surface area contributed by atoms with Crippen LogP contribution in [0, 0.1) is 11.7 Å². The molecule has 0 aromatic heterocycles. The standard InChI is InChI=1S/C14H21FN2O3S/c1-16-10-12-2-3-13(15)8-14(12)21(18,19)17-9-11-4-6-20-7-5-11/h2-3,8,11,16-17H,4-7,9-10H2,1H3. The van der Waals surface area contributed by atoms with Crippen molar-refractivity contribution in [2.75, 3.05) is 26.8 Å². The Morgan fingerprint density at radius 3 is 2.71 bits per heavy atom. The van der Waals surface area contributed by atoms with Crippen molar-refractivity contribution in [3.63, 3.8) is 0 Å². The molecule has 7 heteroatoms. The lowest BCUT2D eigenvalue weighted by molar-refractivity contribution is 0.0678. The molecule has 0 unspecified atom stereocenters. The van der Waals surface area contributed by atoms with Crippen LogP contribution in [0.3, 0.4) is 0 Å². The summed E-state index contributed by atoms with van der Waals surface area (Å²) >= 11 is 0. The minimum Gasteiger partial charge on any atom is -0.381 e. The minimum atomic E-state index is -3.71. The Morgan fingerprint density at radius 2 is 2.05 bits per heavy atom. The van der Waals surface area contributed by atoms with E-state index < -0.39 is 15.8 Å². The molecule has 1 aliphatic rings. The third-order valence-corrected chi connectivity index (χ3v) is 5.09. The van der Waals surface area contributed by atoms with Gasteiger partial charge in [0.25, 0.3) is 0 Å². The normalized spacial score (nSPS) is 17.0. The maximum atomic E-state index is 13.4. The summed E-state index contributed by atoms with van der Waals surface area (Å²) in [5.41, 5.74) is 0.554. The second kappa shape index (κ2) is 7.31. The zero-order valence-electron chi connectivity index (χ0n) is 12.1. The molecule has 1 fully saturated rings. The average molecular weight is 316 g/mol. The van der Waals surface area contributed by atoms with E-state index in [4.69, 9.17) is 4.74 Å². The molecule has 0 bridgehead atoms. The summed E-state index contributed by atoms with van der Waals surface area (Å²) in [6.45, 7) is 2.06. The Bertz CT molecular complexity index is 572. The third-order valence-electron chi connectivity index (χ3n) is 3.59. The fourth-order valence-electron chi connectivity index (χ4n) is 2.37. The quantitative estimate of drug-likeness (QED) is 0.829. The predicted molar refractivity (Wildman–Crippen MR) is 77.9 cm³/mol. The molecule has 2 rings (SSSR count). The van der Waals surface area contributed by atoms with Gasteiger partial charge in [-0.05, 0) is 43.5 Å². The van der Waals surface area contributed by atoms with Crippen molar-refractivity contribution in [1.29, 1.82) is 0 Å². The van der Waals surface area contributed by atoms with E-state index in [0.717, 1.165) is 18.9 Å². The van der Waals surface area contributed by atoms with Crippen LogP contribution in [0.2, 0.25) is 0 Å². The van der Waals surface area contributed by atoms with E-state index in [0.29, 0.717) is 31.9 Å². The Morgan fingerprint density at radius 1 is 1.33 bits per heavy atom.